The minimum absolute atomic E-state index is 0.00199. The quantitative estimate of drug-likeness (QED) is 0.551. The van der Waals surface area contributed by atoms with Crippen LogP contribution in [0.3, 0.4) is 0 Å². The fourth-order valence-corrected chi connectivity index (χ4v) is 2.39. The molecule has 0 amide bonds. The number of hydrogen-bond acceptors (Lipinski definition) is 5. The minimum Gasteiger partial charge on any atom is -0.491 e. The van der Waals surface area contributed by atoms with Crippen molar-refractivity contribution >= 4 is 5.69 Å². The predicted octanol–water partition coefficient (Wildman–Crippen LogP) is 5.30. The summed E-state index contributed by atoms with van der Waals surface area (Å²) in [4.78, 5) is 0. The highest BCUT2D eigenvalue weighted by atomic mass is 19.4. The summed E-state index contributed by atoms with van der Waals surface area (Å²) >= 11 is 0. The molecule has 0 spiro atoms. The van der Waals surface area contributed by atoms with E-state index in [1.54, 1.807) is 0 Å². The predicted molar refractivity (Wildman–Crippen MR) is 94.2 cm³/mol. The zero-order valence-electron chi connectivity index (χ0n) is 14.9. The van der Waals surface area contributed by atoms with Crippen molar-refractivity contribution in [3.05, 3.63) is 59.7 Å². The van der Waals surface area contributed by atoms with Crippen LogP contribution in [0.25, 0.3) is 11.5 Å². The molecule has 0 unspecified atom stereocenters. The Kier molecular flexibility index (Phi) is 5.81. The molecule has 1 heterocycles. The zero-order valence-corrected chi connectivity index (χ0v) is 14.9. The third-order valence-electron chi connectivity index (χ3n) is 3.76. The first-order chi connectivity index (χ1) is 13.4. The third-order valence-corrected chi connectivity index (χ3v) is 3.76. The molecule has 0 aliphatic rings. The van der Waals surface area contributed by atoms with Gasteiger partial charge in [0, 0.05) is 5.56 Å². The highest BCUT2D eigenvalue weighted by Gasteiger charge is 2.31. The van der Waals surface area contributed by atoms with Gasteiger partial charge < -0.3 is 14.5 Å². The van der Waals surface area contributed by atoms with Gasteiger partial charge in [-0.1, -0.05) is 6.92 Å². The SMILES string of the molecule is CCCOc1ccc(C(F)(F)F)cc1NCc1nnc(-c2ccc(F)cc2)o1. The molecule has 148 valence electrons. The first kappa shape index (κ1) is 19.7. The monoisotopic (exact) mass is 395 g/mol. The van der Waals surface area contributed by atoms with E-state index in [-0.39, 0.29) is 24.0 Å². The second-order valence-corrected chi connectivity index (χ2v) is 5.92. The fourth-order valence-electron chi connectivity index (χ4n) is 2.39. The molecular weight excluding hydrogens is 378 g/mol. The Morgan fingerprint density at radius 1 is 1.07 bits per heavy atom. The Balaban J connectivity index is 1.76. The maximum absolute atomic E-state index is 13.0. The van der Waals surface area contributed by atoms with Gasteiger partial charge in [-0.2, -0.15) is 13.2 Å². The number of hydrogen-bond donors (Lipinski definition) is 1. The molecule has 0 aliphatic carbocycles. The number of nitrogens with one attached hydrogen (secondary N) is 1. The van der Waals surface area contributed by atoms with Crippen molar-refractivity contribution in [3.8, 4) is 17.2 Å². The van der Waals surface area contributed by atoms with Gasteiger partial charge in [0.05, 0.1) is 24.4 Å². The maximum Gasteiger partial charge on any atom is 0.416 e. The number of nitrogens with zero attached hydrogens (tertiary/aromatic N) is 2. The van der Waals surface area contributed by atoms with Gasteiger partial charge in [0.2, 0.25) is 11.8 Å². The van der Waals surface area contributed by atoms with Crippen molar-refractivity contribution < 1.29 is 26.7 Å². The van der Waals surface area contributed by atoms with Gasteiger partial charge in [-0.3, -0.25) is 0 Å². The van der Waals surface area contributed by atoms with Crippen LogP contribution in [0.1, 0.15) is 24.8 Å². The van der Waals surface area contributed by atoms with Crippen molar-refractivity contribution in [2.45, 2.75) is 26.1 Å². The van der Waals surface area contributed by atoms with Crippen LogP contribution in [0, 0.1) is 5.82 Å². The van der Waals surface area contributed by atoms with Crippen LogP contribution in [0.2, 0.25) is 0 Å². The Bertz CT molecular complexity index is 924. The average molecular weight is 395 g/mol. The minimum atomic E-state index is -4.47. The van der Waals surface area contributed by atoms with Gasteiger partial charge in [0.1, 0.15) is 11.6 Å². The van der Waals surface area contributed by atoms with E-state index < -0.39 is 17.6 Å². The van der Waals surface area contributed by atoms with Crippen LogP contribution in [-0.2, 0) is 12.7 Å². The summed E-state index contributed by atoms with van der Waals surface area (Å²) < 4.78 is 63.0. The number of anilines is 1. The van der Waals surface area contributed by atoms with E-state index in [9.17, 15) is 17.6 Å². The topological polar surface area (TPSA) is 60.2 Å². The number of rotatable bonds is 7. The summed E-state index contributed by atoms with van der Waals surface area (Å²) in [6, 6.07) is 8.72. The lowest BCUT2D eigenvalue weighted by atomic mass is 10.1. The van der Waals surface area contributed by atoms with Crippen LogP contribution in [0.5, 0.6) is 5.75 Å². The van der Waals surface area contributed by atoms with E-state index in [1.807, 2.05) is 6.92 Å². The van der Waals surface area contributed by atoms with E-state index in [1.165, 1.54) is 30.3 Å². The van der Waals surface area contributed by atoms with Gasteiger partial charge in [0.15, 0.2) is 0 Å². The molecule has 9 heteroatoms. The van der Waals surface area contributed by atoms with E-state index >= 15 is 0 Å². The highest BCUT2D eigenvalue weighted by molar-refractivity contribution is 5.58. The molecule has 0 bridgehead atoms. The van der Waals surface area contributed by atoms with Crippen LogP contribution in [-0.4, -0.2) is 16.8 Å². The first-order valence-electron chi connectivity index (χ1n) is 8.53. The van der Waals surface area contributed by atoms with Crippen molar-refractivity contribution in [1.82, 2.24) is 10.2 Å². The van der Waals surface area contributed by atoms with Crippen molar-refractivity contribution in [1.29, 1.82) is 0 Å². The molecule has 0 atom stereocenters. The molecule has 5 nitrogen and oxygen atoms in total. The maximum atomic E-state index is 13.0. The van der Waals surface area contributed by atoms with Crippen LogP contribution >= 0.6 is 0 Å². The molecule has 0 radical (unpaired) electrons. The standard InChI is InChI=1S/C19H17F4N3O2/c1-2-9-27-16-8-5-13(19(21,22)23)10-15(16)24-11-17-25-26-18(28-17)12-3-6-14(20)7-4-12/h3-8,10,24H,2,9,11H2,1H3. The van der Waals surface area contributed by atoms with Gasteiger partial charge in [-0.15, -0.1) is 10.2 Å². The van der Waals surface area contributed by atoms with E-state index in [2.05, 4.69) is 15.5 Å². The molecule has 1 aromatic heterocycles. The summed E-state index contributed by atoms with van der Waals surface area (Å²) in [7, 11) is 0. The number of alkyl halides is 3. The molecule has 2 aromatic carbocycles. The number of ether oxygens (including phenoxy) is 1. The molecule has 0 saturated heterocycles. The molecule has 0 aliphatic heterocycles. The van der Waals surface area contributed by atoms with Gasteiger partial charge in [-0.05, 0) is 48.9 Å². The average Bonchev–Trinajstić information content (AvgIpc) is 3.13. The lowest BCUT2D eigenvalue weighted by Gasteiger charge is -2.15. The van der Waals surface area contributed by atoms with Gasteiger partial charge in [-0.25, -0.2) is 4.39 Å². The summed E-state index contributed by atoms with van der Waals surface area (Å²) in [5.74, 6) is 0.254. The Labute approximate surface area is 158 Å². The molecule has 0 fully saturated rings. The zero-order chi connectivity index (χ0) is 20.1. The second kappa shape index (κ2) is 8.28. The molecule has 3 rings (SSSR count). The Morgan fingerprint density at radius 2 is 1.82 bits per heavy atom. The van der Waals surface area contributed by atoms with Crippen molar-refractivity contribution in [2.24, 2.45) is 0 Å². The van der Waals surface area contributed by atoms with Crippen LogP contribution in [0.15, 0.2) is 46.9 Å². The van der Waals surface area contributed by atoms with E-state index in [0.717, 1.165) is 12.1 Å². The summed E-state index contributed by atoms with van der Waals surface area (Å²) in [6.07, 6.45) is -3.76. The summed E-state index contributed by atoms with van der Waals surface area (Å²) in [5, 5.41) is 10.6. The second-order valence-electron chi connectivity index (χ2n) is 5.92. The lowest BCUT2D eigenvalue weighted by Crippen LogP contribution is -2.09. The van der Waals surface area contributed by atoms with Crippen LogP contribution < -0.4 is 10.1 Å². The van der Waals surface area contributed by atoms with Crippen molar-refractivity contribution in [2.75, 3.05) is 11.9 Å². The van der Waals surface area contributed by atoms with Gasteiger partial charge >= 0.3 is 6.18 Å². The van der Waals surface area contributed by atoms with Crippen LogP contribution in [0.4, 0.5) is 23.2 Å². The normalized spacial score (nSPS) is 11.5. The number of benzene rings is 2. The van der Waals surface area contributed by atoms with Crippen molar-refractivity contribution in [3.63, 3.8) is 0 Å². The fraction of sp³-hybridized carbons (Fsp3) is 0.263. The largest absolute Gasteiger partial charge is 0.491 e. The summed E-state index contributed by atoms with van der Waals surface area (Å²) in [6.45, 7) is 2.26. The molecular formula is C19H17F4N3O2. The molecule has 28 heavy (non-hydrogen) atoms. The molecule has 1 N–H and O–H groups in total. The smallest absolute Gasteiger partial charge is 0.416 e. The Hall–Kier alpha value is -3.10. The molecule has 3 aromatic rings. The highest BCUT2D eigenvalue weighted by Crippen LogP contribution is 2.35. The molecule has 0 saturated carbocycles. The number of halogens is 4. The lowest BCUT2D eigenvalue weighted by molar-refractivity contribution is -0.137. The Morgan fingerprint density at radius 3 is 2.50 bits per heavy atom. The first-order valence-corrected chi connectivity index (χ1v) is 8.53. The summed E-state index contributed by atoms with van der Waals surface area (Å²) in [5.41, 5.74) is -0.0904. The van der Waals surface area contributed by atoms with Gasteiger partial charge in [0.25, 0.3) is 0 Å². The number of aromatic nitrogens is 2. The van der Waals surface area contributed by atoms with E-state index in [0.29, 0.717) is 24.3 Å². The van der Waals surface area contributed by atoms with E-state index in [4.69, 9.17) is 9.15 Å². The third kappa shape index (κ3) is 4.79.